The molecule has 1 aromatic rings. The Labute approximate surface area is 121 Å². The van der Waals surface area contributed by atoms with Crippen molar-refractivity contribution in [1.82, 2.24) is 10.3 Å². The van der Waals surface area contributed by atoms with Crippen LogP contribution < -0.4 is 10.2 Å². The van der Waals surface area contributed by atoms with Gasteiger partial charge in [0, 0.05) is 37.3 Å². The van der Waals surface area contributed by atoms with Gasteiger partial charge in [-0.15, -0.1) is 0 Å². The molecule has 4 heteroatoms. The molecule has 2 N–H and O–H groups in total. The predicted octanol–water partition coefficient (Wildman–Crippen LogP) is 1.79. The van der Waals surface area contributed by atoms with Crippen molar-refractivity contribution < 1.29 is 5.11 Å². The molecule has 1 aromatic heterocycles. The number of aliphatic hydroxyl groups excluding tert-OH is 1. The highest BCUT2D eigenvalue weighted by atomic mass is 16.3. The summed E-state index contributed by atoms with van der Waals surface area (Å²) in [5.41, 5.74) is 1.27. The number of aliphatic hydroxyl groups is 1. The van der Waals surface area contributed by atoms with Gasteiger partial charge >= 0.3 is 0 Å². The van der Waals surface area contributed by atoms with Gasteiger partial charge in [0.25, 0.3) is 0 Å². The standard InChI is InChI=1S/C16H25N3O/c1-2-7-17-9-12-4-3-8-18-16(12)19-10-13-5-6-15(20)14(13)11-19/h3-4,8,13-15,17,20H,2,5-7,9-11H2,1H3. The minimum absolute atomic E-state index is 0.102. The summed E-state index contributed by atoms with van der Waals surface area (Å²) in [4.78, 5) is 6.97. The Bertz CT molecular complexity index is 451. The number of anilines is 1. The molecule has 0 bridgehead atoms. The van der Waals surface area contributed by atoms with E-state index in [1.54, 1.807) is 0 Å². The summed E-state index contributed by atoms with van der Waals surface area (Å²) >= 11 is 0. The average Bonchev–Trinajstić information content (AvgIpc) is 3.02. The summed E-state index contributed by atoms with van der Waals surface area (Å²) in [6.07, 6.45) is 5.07. The molecule has 0 aromatic carbocycles. The van der Waals surface area contributed by atoms with Crippen LogP contribution in [0.4, 0.5) is 5.82 Å². The minimum atomic E-state index is -0.102. The van der Waals surface area contributed by atoms with Crippen LogP contribution in [0.3, 0.4) is 0 Å². The zero-order valence-electron chi connectivity index (χ0n) is 12.3. The van der Waals surface area contributed by atoms with E-state index in [1.165, 1.54) is 12.0 Å². The van der Waals surface area contributed by atoms with Gasteiger partial charge in [-0.1, -0.05) is 13.0 Å². The van der Waals surface area contributed by atoms with Crippen LogP contribution in [0, 0.1) is 11.8 Å². The van der Waals surface area contributed by atoms with Gasteiger partial charge in [0.05, 0.1) is 6.10 Å². The fourth-order valence-corrected chi connectivity index (χ4v) is 3.66. The van der Waals surface area contributed by atoms with Crippen LogP contribution in [0.2, 0.25) is 0 Å². The zero-order valence-corrected chi connectivity index (χ0v) is 12.3. The largest absolute Gasteiger partial charge is 0.393 e. The van der Waals surface area contributed by atoms with Gasteiger partial charge in [-0.2, -0.15) is 0 Å². The van der Waals surface area contributed by atoms with Gasteiger partial charge in [0.15, 0.2) is 0 Å². The summed E-state index contributed by atoms with van der Waals surface area (Å²) in [5.74, 6) is 2.22. The van der Waals surface area contributed by atoms with Crippen molar-refractivity contribution in [3.63, 3.8) is 0 Å². The van der Waals surface area contributed by atoms with E-state index in [-0.39, 0.29) is 6.10 Å². The highest BCUT2D eigenvalue weighted by molar-refractivity contribution is 5.48. The first-order chi connectivity index (χ1) is 9.79. The molecule has 0 spiro atoms. The van der Waals surface area contributed by atoms with E-state index in [4.69, 9.17) is 0 Å². The van der Waals surface area contributed by atoms with Gasteiger partial charge in [-0.3, -0.25) is 0 Å². The van der Waals surface area contributed by atoms with E-state index >= 15 is 0 Å². The number of hydrogen-bond acceptors (Lipinski definition) is 4. The van der Waals surface area contributed by atoms with Crippen LogP contribution >= 0.6 is 0 Å². The van der Waals surface area contributed by atoms with E-state index in [1.807, 2.05) is 12.3 Å². The topological polar surface area (TPSA) is 48.4 Å². The normalized spacial score (nSPS) is 28.9. The summed E-state index contributed by atoms with van der Waals surface area (Å²) in [5, 5.41) is 13.5. The van der Waals surface area contributed by atoms with Gasteiger partial charge in [0.2, 0.25) is 0 Å². The lowest BCUT2D eigenvalue weighted by atomic mass is 10.00. The lowest BCUT2D eigenvalue weighted by Crippen LogP contribution is -2.27. The van der Waals surface area contributed by atoms with Crippen LogP contribution in [0.15, 0.2) is 18.3 Å². The third kappa shape index (κ3) is 2.67. The highest BCUT2D eigenvalue weighted by Gasteiger charge is 2.42. The number of fused-ring (bicyclic) bond motifs is 1. The third-order valence-corrected chi connectivity index (χ3v) is 4.73. The van der Waals surface area contributed by atoms with E-state index in [0.717, 1.165) is 44.8 Å². The van der Waals surface area contributed by atoms with E-state index in [0.29, 0.717) is 11.8 Å². The maximum atomic E-state index is 10.0. The molecule has 3 unspecified atom stereocenters. The van der Waals surface area contributed by atoms with E-state index in [9.17, 15) is 5.11 Å². The zero-order chi connectivity index (χ0) is 13.9. The smallest absolute Gasteiger partial charge is 0.133 e. The number of nitrogens with one attached hydrogen (secondary N) is 1. The van der Waals surface area contributed by atoms with Gasteiger partial charge in [0.1, 0.15) is 5.82 Å². The quantitative estimate of drug-likeness (QED) is 0.804. The Morgan fingerprint density at radius 2 is 2.30 bits per heavy atom. The number of aromatic nitrogens is 1. The lowest BCUT2D eigenvalue weighted by Gasteiger charge is -2.22. The first-order valence-electron chi connectivity index (χ1n) is 7.87. The Morgan fingerprint density at radius 1 is 1.40 bits per heavy atom. The Hall–Kier alpha value is -1.13. The predicted molar refractivity (Wildman–Crippen MR) is 80.7 cm³/mol. The molecule has 2 aliphatic rings. The Kier molecular flexibility index (Phi) is 4.22. The SMILES string of the molecule is CCCNCc1cccnc1N1CC2CCC(O)C2C1. The molecular formula is C16H25N3O. The summed E-state index contributed by atoms with van der Waals surface area (Å²) in [7, 11) is 0. The lowest BCUT2D eigenvalue weighted by molar-refractivity contribution is 0.133. The molecule has 3 atom stereocenters. The van der Waals surface area contributed by atoms with Gasteiger partial charge < -0.3 is 15.3 Å². The Balaban J connectivity index is 1.71. The molecule has 1 aliphatic carbocycles. The van der Waals surface area contributed by atoms with Gasteiger partial charge in [-0.25, -0.2) is 4.98 Å². The molecule has 20 heavy (non-hydrogen) atoms. The maximum absolute atomic E-state index is 10.0. The molecule has 0 radical (unpaired) electrons. The van der Waals surface area contributed by atoms with Crippen LogP contribution in [0.1, 0.15) is 31.7 Å². The molecule has 3 rings (SSSR count). The van der Waals surface area contributed by atoms with Crippen LogP contribution in [0.5, 0.6) is 0 Å². The minimum Gasteiger partial charge on any atom is -0.393 e. The molecular weight excluding hydrogens is 250 g/mol. The van der Waals surface area contributed by atoms with Crippen molar-refractivity contribution in [1.29, 1.82) is 0 Å². The van der Waals surface area contributed by atoms with Crippen molar-refractivity contribution >= 4 is 5.82 Å². The number of pyridine rings is 1. The molecule has 1 saturated carbocycles. The fraction of sp³-hybridized carbons (Fsp3) is 0.688. The third-order valence-electron chi connectivity index (χ3n) is 4.73. The molecule has 0 amide bonds. The highest BCUT2D eigenvalue weighted by Crippen LogP contribution is 2.39. The summed E-state index contributed by atoms with van der Waals surface area (Å²) in [6.45, 7) is 6.12. The number of nitrogens with zero attached hydrogens (tertiary/aromatic N) is 2. The summed E-state index contributed by atoms with van der Waals surface area (Å²) in [6, 6.07) is 4.17. The molecule has 2 heterocycles. The second-order valence-electron chi connectivity index (χ2n) is 6.14. The van der Waals surface area contributed by atoms with E-state index in [2.05, 4.69) is 28.2 Å². The molecule has 1 aliphatic heterocycles. The van der Waals surface area contributed by atoms with Crippen LogP contribution in [-0.4, -0.2) is 35.8 Å². The van der Waals surface area contributed by atoms with Crippen molar-refractivity contribution in [2.24, 2.45) is 11.8 Å². The molecule has 2 fully saturated rings. The summed E-state index contributed by atoms with van der Waals surface area (Å²) < 4.78 is 0. The van der Waals surface area contributed by atoms with Crippen LogP contribution in [-0.2, 0) is 6.54 Å². The molecule has 4 nitrogen and oxygen atoms in total. The van der Waals surface area contributed by atoms with Gasteiger partial charge in [-0.05, 0) is 37.8 Å². The average molecular weight is 275 g/mol. The second-order valence-corrected chi connectivity index (χ2v) is 6.14. The van der Waals surface area contributed by atoms with Crippen molar-refractivity contribution in [2.75, 3.05) is 24.5 Å². The van der Waals surface area contributed by atoms with E-state index < -0.39 is 0 Å². The van der Waals surface area contributed by atoms with Crippen molar-refractivity contribution in [3.05, 3.63) is 23.9 Å². The number of hydrogen-bond donors (Lipinski definition) is 2. The second kappa shape index (κ2) is 6.10. The van der Waals surface area contributed by atoms with Crippen molar-refractivity contribution in [2.45, 2.75) is 38.8 Å². The molecule has 1 saturated heterocycles. The maximum Gasteiger partial charge on any atom is 0.133 e. The van der Waals surface area contributed by atoms with Crippen LogP contribution in [0.25, 0.3) is 0 Å². The fourth-order valence-electron chi connectivity index (χ4n) is 3.66. The first kappa shape index (κ1) is 13.8. The first-order valence-corrected chi connectivity index (χ1v) is 7.87. The van der Waals surface area contributed by atoms with Crippen molar-refractivity contribution in [3.8, 4) is 0 Å². The Morgan fingerprint density at radius 3 is 3.10 bits per heavy atom. The molecule has 110 valence electrons. The monoisotopic (exact) mass is 275 g/mol. The number of rotatable bonds is 5.